The summed E-state index contributed by atoms with van der Waals surface area (Å²) in [6.07, 6.45) is 0.763. The number of carbonyl (C=O) groups excluding carboxylic acids is 2. The summed E-state index contributed by atoms with van der Waals surface area (Å²) in [5, 5.41) is 2.88. The van der Waals surface area contributed by atoms with Gasteiger partial charge in [0.25, 0.3) is 5.91 Å². The van der Waals surface area contributed by atoms with Crippen LogP contribution in [0.3, 0.4) is 0 Å². The summed E-state index contributed by atoms with van der Waals surface area (Å²) in [6.45, 7) is 5.88. The van der Waals surface area contributed by atoms with Crippen LogP contribution in [-0.4, -0.2) is 18.8 Å². The number of aryl methyl sites for hydroxylation is 3. The molecule has 0 bridgehead atoms. The Morgan fingerprint density at radius 1 is 1.09 bits per heavy atom. The van der Waals surface area contributed by atoms with Crippen LogP contribution in [0.25, 0.3) is 0 Å². The molecule has 0 aliphatic rings. The van der Waals surface area contributed by atoms with E-state index in [4.69, 9.17) is 4.74 Å². The third-order valence-corrected chi connectivity index (χ3v) is 3.33. The molecule has 0 spiro atoms. The molecular weight excluding hydrogens is 278 g/mol. The lowest BCUT2D eigenvalue weighted by Gasteiger charge is -2.13. The highest BCUT2D eigenvalue weighted by molar-refractivity contribution is 5.93. The van der Waals surface area contributed by atoms with Crippen molar-refractivity contribution in [2.75, 3.05) is 11.9 Å². The van der Waals surface area contributed by atoms with Gasteiger partial charge in [0.1, 0.15) is 12.0 Å². The summed E-state index contributed by atoms with van der Waals surface area (Å²) < 4.78 is 5.41. The zero-order chi connectivity index (χ0) is 16.1. The first-order chi connectivity index (χ1) is 10.5. The van der Waals surface area contributed by atoms with Gasteiger partial charge >= 0.3 is 0 Å². The van der Waals surface area contributed by atoms with Crippen molar-refractivity contribution >= 4 is 17.9 Å². The average molecular weight is 297 g/mol. The van der Waals surface area contributed by atoms with Crippen molar-refractivity contribution in [3.8, 4) is 5.75 Å². The zero-order valence-corrected chi connectivity index (χ0v) is 13.0. The number of rotatable bonds is 5. The average Bonchev–Trinajstić information content (AvgIpc) is 2.49. The Hall–Kier alpha value is -2.62. The third-order valence-electron chi connectivity index (χ3n) is 3.33. The quantitative estimate of drug-likeness (QED) is 0.860. The summed E-state index contributed by atoms with van der Waals surface area (Å²) in [5.74, 6) is 0.340. The highest BCUT2D eigenvalue weighted by Gasteiger charge is 2.09. The second-order valence-corrected chi connectivity index (χ2v) is 5.30. The Balaban J connectivity index is 1.97. The predicted octanol–water partition coefficient (Wildman–Crippen LogP) is 3.44. The van der Waals surface area contributed by atoms with Crippen molar-refractivity contribution in [1.29, 1.82) is 0 Å². The Labute approximate surface area is 130 Å². The normalized spacial score (nSPS) is 10.1. The molecule has 0 unspecified atom stereocenters. The van der Waals surface area contributed by atoms with Crippen molar-refractivity contribution in [1.82, 2.24) is 0 Å². The van der Waals surface area contributed by atoms with Crippen LogP contribution < -0.4 is 10.1 Å². The Morgan fingerprint density at radius 3 is 2.23 bits per heavy atom. The molecule has 4 heteroatoms. The predicted molar refractivity (Wildman–Crippen MR) is 86.6 cm³/mol. The first kappa shape index (κ1) is 15.8. The van der Waals surface area contributed by atoms with E-state index in [9.17, 15) is 9.59 Å². The lowest BCUT2D eigenvalue weighted by Crippen LogP contribution is -2.21. The molecule has 0 aliphatic heterocycles. The van der Waals surface area contributed by atoms with Gasteiger partial charge in [-0.25, -0.2) is 0 Å². The number of anilines is 1. The monoisotopic (exact) mass is 297 g/mol. The molecule has 4 nitrogen and oxygen atoms in total. The molecule has 2 aromatic rings. The second-order valence-electron chi connectivity index (χ2n) is 5.30. The van der Waals surface area contributed by atoms with E-state index in [2.05, 4.69) is 5.32 Å². The van der Waals surface area contributed by atoms with Crippen molar-refractivity contribution in [3.63, 3.8) is 0 Å². The van der Waals surface area contributed by atoms with E-state index >= 15 is 0 Å². The molecule has 114 valence electrons. The fourth-order valence-electron chi connectivity index (χ4n) is 2.34. The largest absolute Gasteiger partial charge is 0.484 e. The van der Waals surface area contributed by atoms with Crippen molar-refractivity contribution in [2.45, 2.75) is 20.8 Å². The Kier molecular flexibility index (Phi) is 4.94. The maximum atomic E-state index is 12.0. The SMILES string of the molecule is Cc1cc(C)c(NC(=O)COc2ccc(C=O)cc2)c(C)c1. The number of nitrogens with one attached hydrogen (secondary N) is 1. The smallest absolute Gasteiger partial charge is 0.262 e. The highest BCUT2D eigenvalue weighted by Crippen LogP contribution is 2.21. The van der Waals surface area contributed by atoms with Gasteiger partial charge in [0.2, 0.25) is 0 Å². The van der Waals surface area contributed by atoms with Gasteiger partial charge in [-0.05, 0) is 56.2 Å². The van der Waals surface area contributed by atoms with Crippen LogP contribution >= 0.6 is 0 Å². The van der Waals surface area contributed by atoms with Crippen LogP contribution in [0.2, 0.25) is 0 Å². The fraction of sp³-hybridized carbons (Fsp3) is 0.222. The van der Waals surface area contributed by atoms with Gasteiger partial charge in [-0.1, -0.05) is 17.7 Å². The molecule has 22 heavy (non-hydrogen) atoms. The third kappa shape index (κ3) is 3.95. The molecule has 0 aromatic heterocycles. The molecule has 1 amide bonds. The molecule has 2 rings (SSSR count). The summed E-state index contributed by atoms with van der Waals surface area (Å²) in [5.41, 5.74) is 4.63. The maximum Gasteiger partial charge on any atom is 0.262 e. The van der Waals surface area contributed by atoms with E-state index in [-0.39, 0.29) is 12.5 Å². The molecule has 0 atom stereocenters. The minimum absolute atomic E-state index is 0.0762. The van der Waals surface area contributed by atoms with Gasteiger partial charge < -0.3 is 10.1 Å². The van der Waals surface area contributed by atoms with E-state index in [1.807, 2.05) is 32.9 Å². The topological polar surface area (TPSA) is 55.4 Å². The number of benzene rings is 2. The number of ether oxygens (including phenoxy) is 1. The van der Waals surface area contributed by atoms with Crippen LogP contribution in [0.1, 0.15) is 27.0 Å². The summed E-state index contributed by atoms with van der Waals surface area (Å²) in [4.78, 5) is 22.6. The van der Waals surface area contributed by atoms with E-state index in [0.29, 0.717) is 11.3 Å². The number of hydrogen-bond donors (Lipinski definition) is 1. The van der Waals surface area contributed by atoms with Gasteiger partial charge in [-0.15, -0.1) is 0 Å². The lowest BCUT2D eigenvalue weighted by atomic mass is 10.1. The lowest BCUT2D eigenvalue weighted by molar-refractivity contribution is -0.118. The first-order valence-electron chi connectivity index (χ1n) is 7.05. The van der Waals surface area contributed by atoms with Crippen LogP contribution in [0.4, 0.5) is 5.69 Å². The van der Waals surface area contributed by atoms with E-state index in [1.54, 1.807) is 24.3 Å². The van der Waals surface area contributed by atoms with Gasteiger partial charge in [-0.2, -0.15) is 0 Å². The van der Waals surface area contributed by atoms with Crippen LogP contribution in [0.5, 0.6) is 5.75 Å². The Morgan fingerprint density at radius 2 is 1.68 bits per heavy atom. The van der Waals surface area contributed by atoms with Gasteiger partial charge in [0, 0.05) is 11.3 Å². The van der Waals surface area contributed by atoms with Crippen LogP contribution in [-0.2, 0) is 4.79 Å². The minimum Gasteiger partial charge on any atom is -0.484 e. The van der Waals surface area contributed by atoms with Gasteiger partial charge in [0.05, 0.1) is 0 Å². The maximum absolute atomic E-state index is 12.0. The number of hydrogen-bond acceptors (Lipinski definition) is 3. The van der Waals surface area contributed by atoms with Gasteiger partial charge in [-0.3, -0.25) is 9.59 Å². The van der Waals surface area contributed by atoms with Crippen molar-refractivity contribution in [2.24, 2.45) is 0 Å². The van der Waals surface area contributed by atoms with Crippen LogP contribution in [0.15, 0.2) is 36.4 Å². The second kappa shape index (κ2) is 6.89. The molecule has 0 radical (unpaired) electrons. The number of carbonyl (C=O) groups is 2. The zero-order valence-electron chi connectivity index (χ0n) is 13.0. The van der Waals surface area contributed by atoms with E-state index < -0.39 is 0 Å². The molecule has 0 aliphatic carbocycles. The molecule has 0 heterocycles. The standard InChI is InChI=1S/C18H19NO3/c1-12-8-13(2)18(14(3)9-12)19-17(21)11-22-16-6-4-15(10-20)5-7-16/h4-10H,11H2,1-3H3,(H,19,21). The van der Waals surface area contributed by atoms with Gasteiger partial charge in [0.15, 0.2) is 6.61 Å². The molecule has 0 saturated heterocycles. The number of amides is 1. The Bertz CT molecular complexity index is 667. The molecule has 0 fully saturated rings. The molecule has 1 N–H and O–H groups in total. The highest BCUT2D eigenvalue weighted by atomic mass is 16.5. The van der Waals surface area contributed by atoms with E-state index in [0.717, 1.165) is 23.1 Å². The number of aldehydes is 1. The van der Waals surface area contributed by atoms with Crippen molar-refractivity contribution < 1.29 is 14.3 Å². The van der Waals surface area contributed by atoms with E-state index in [1.165, 1.54) is 5.56 Å². The van der Waals surface area contributed by atoms with Crippen LogP contribution in [0, 0.1) is 20.8 Å². The first-order valence-corrected chi connectivity index (χ1v) is 7.05. The fourth-order valence-corrected chi connectivity index (χ4v) is 2.34. The molecule has 0 saturated carbocycles. The molecular formula is C18H19NO3. The van der Waals surface area contributed by atoms with Crippen molar-refractivity contribution in [3.05, 3.63) is 58.7 Å². The summed E-state index contributed by atoms with van der Waals surface area (Å²) >= 11 is 0. The minimum atomic E-state index is -0.213. The summed E-state index contributed by atoms with van der Waals surface area (Å²) in [7, 11) is 0. The molecule has 2 aromatic carbocycles. The summed E-state index contributed by atoms with van der Waals surface area (Å²) in [6, 6.07) is 10.7.